The Morgan fingerprint density at radius 2 is 2.00 bits per heavy atom. The highest BCUT2D eigenvalue weighted by Gasteiger charge is 2.24. The molecule has 3 rings (SSSR count). The van der Waals surface area contributed by atoms with Crippen LogP contribution in [0.15, 0.2) is 40.9 Å². The van der Waals surface area contributed by atoms with Crippen molar-refractivity contribution >= 4 is 33.0 Å². The number of benzene rings is 2. The summed E-state index contributed by atoms with van der Waals surface area (Å²) in [6.45, 7) is 3.05. The lowest BCUT2D eigenvalue weighted by Crippen LogP contribution is -2.31. The summed E-state index contributed by atoms with van der Waals surface area (Å²) in [6, 6.07) is 11.4. The second-order valence-corrected chi connectivity index (χ2v) is 6.23. The van der Waals surface area contributed by atoms with Crippen LogP contribution in [0.25, 0.3) is 0 Å². The summed E-state index contributed by atoms with van der Waals surface area (Å²) in [5, 5.41) is 0. The Kier molecular flexibility index (Phi) is 3.42. The Labute approximate surface area is 126 Å². The maximum Gasteiger partial charge on any atom is 0.139 e. The van der Waals surface area contributed by atoms with Crippen molar-refractivity contribution < 1.29 is 4.39 Å². The second kappa shape index (κ2) is 5.09. The van der Waals surface area contributed by atoms with Crippen molar-refractivity contribution in [2.24, 2.45) is 5.92 Å². The van der Waals surface area contributed by atoms with Gasteiger partial charge in [0.15, 0.2) is 0 Å². The van der Waals surface area contributed by atoms with E-state index in [9.17, 15) is 4.39 Å². The smallest absolute Gasteiger partial charge is 0.139 e. The second-order valence-electron chi connectivity index (χ2n) is 5.37. The van der Waals surface area contributed by atoms with Crippen LogP contribution in [0.4, 0.5) is 21.5 Å². The van der Waals surface area contributed by atoms with Crippen LogP contribution in [0.5, 0.6) is 0 Å². The average molecular weight is 335 g/mol. The number of fused-ring (bicyclic) bond motifs is 1. The molecule has 0 fully saturated rings. The fourth-order valence-electron chi connectivity index (χ4n) is 2.81. The Morgan fingerprint density at radius 1 is 1.25 bits per heavy atom. The molecule has 4 heteroatoms. The molecule has 0 saturated heterocycles. The standard InChI is InChI=1S/C16H16BrFN2/c1-10-6-11-4-2-3-5-15(11)20(9-10)16-8-13(18)12(17)7-14(16)19/h2-5,7-8,10H,6,9,19H2,1H3. The van der Waals surface area contributed by atoms with E-state index >= 15 is 0 Å². The molecule has 1 heterocycles. The van der Waals surface area contributed by atoms with E-state index in [0.29, 0.717) is 16.1 Å². The molecule has 0 spiro atoms. The van der Waals surface area contributed by atoms with Gasteiger partial charge in [-0.05, 0) is 46.0 Å². The van der Waals surface area contributed by atoms with Gasteiger partial charge in [0.25, 0.3) is 0 Å². The molecule has 2 aromatic carbocycles. The van der Waals surface area contributed by atoms with Crippen molar-refractivity contribution in [3.8, 4) is 0 Å². The van der Waals surface area contributed by atoms with E-state index in [2.05, 4.69) is 39.9 Å². The van der Waals surface area contributed by atoms with Crippen LogP contribution in [0, 0.1) is 11.7 Å². The number of nitrogen functional groups attached to an aromatic ring is 1. The fraction of sp³-hybridized carbons (Fsp3) is 0.250. The third-order valence-electron chi connectivity index (χ3n) is 3.71. The zero-order valence-electron chi connectivity index (χ0n) is 11.2. The molecule has 2 N–H and O–H groups in total. The summed E-state index contributed by atoms with van der Waals surface area (Å²) in [5.41, 5.74) is 9.82. The molecule has 0 radical (unpaired) electrons. The molecule has 2 aromatic rings. The number of hydrogen-bond donors (Lipinski definition) is 1. The number of nitrogens with zero attached hydrogens (tertiary/aromatic N) is 1. The summed E-state index contributed by atoms with van der Waals surface area (Å²) in [6.07, 6.45) is 1.05. The van der Waals surface area contributed by atoms with Gasteiger partial charge in [0, 0.05) is 18.3 Å². The summed E-state index contributed by atoms with van der Waals surface area (Å²) >= 11 is 3.17. The van der Waals surface area contributed by atoms with Crippen LogP contribution in [0.1, 0.15) is 12.5 Å². The van der Waals surface area contributed by atoms with Crippen molar-refractivity contribution in [2.75, 3.05) is 17.2 Å². The first kappa shape index (κ1) is 13.4. The van der Waals surface area contributed by atoms with E-state index in [1.807, 2.05) is 12.1 Å². The molecule has 0 saturated carbocycles. The van der Waals surface area contributed by atoms with Gasteiger partial charge in [0.2, 0.25) is 0 Å². The number of para-hydroxylation sites is 1. The van der Waals surface area contributed by atoms with E-state index in [1.54, 1.807) is 6.07 Å². The van der Waals surface area contributed by atoms with Crippen molar-refractivity contribution in [1.82, 2.24) is 0 Å². The van der Waals surface area contributed by atoms with E-state index in [0.717, 1.165) is 24.3 Å². The maximum atomic E-state index is 13.9. The lowest BCUT2D eigenvalue weighted by molar-refractivity contribution is 0.561. The lowest BCUT2D eigenvalue weighted by Gasteiger charge is -2.35. The van der Waals surface area contributed by atoms with Gasteiger partial charge in [-0.25, -0.2) is 4.39 Å². The van der Waals surface area contributed by atoms with Crippen molar-refractivity contribution in [3.63, 3.8) is 0 Å². The van der Waals surface area contributed by atoms with Gasteiger partial charge in [0.1, 0.15) is 5.82 Å². The predicted molar refractivity (Wildman–Crippen MR) is 84.8 cm³/mol. The third kappa shape index (κ3) is 2.29. The summed E-state index contributed by atoms with van der Waals surface area (Å²) in [7, 11) is 0. The first-order chi connectivity index (χ1) is 9.56. The third-order valence-corrected chi connectivity index (χ3v) is 4.31. The van der Waals surface area contributed by atoms with E-state index in [-0.39, 0.29) is 5.82 Å². The highest BCUT2D eigenvalue weighted by Crippen LogP contribution is 2.39. The van der Waals surface area contributed by atoms with Gasteiger partial charge in [-0.3, -0.25) is 0 Å². The van der Waals surface area contributed by atoms with Gasteiger partial charge in [-0.15, -0.1) is 0 Å². The Balaban J connectivity index is 2.13. The van der Waals surface area contributed by atoms with Gasteiger partial charge in [-0.1, -0.05) is 25.1 Å². The molecule has 20 heavy (non-hydrogen) atoms. The van der Waals surface area contributed by atoms with Crippen molar-refractivity contribution in [1.29, 1.82) is 0 Å². The topological polar surface area (TPSA) is 29.3 Å². The number of halogens is 2. The summed E-state index contributed by atoms with van der Waals surface area (Å²) < 4.78 is 14.3. The van der Waals surface area contributed by atoms with Gasteiger partial charge in [0.05, 0.1) is 15.8 Å². The van der Waals surface area contributed by atoms with Gasteiger partial charge < -0.3 is 10.6 Å². The van der Waals surface area contributed by atoms with Crippen LogP contribution in [-0.4, -0.2) is 6.54 Å². The zero-order valence-corrected chi connectivity index (χ0v) is 12.8. The Hall–Kier alpha value is -1.55. The number of hydrogen-bond acceptors (Lipinski definition) is 2. The van der Waals surface area contributed by atoms with Crippen molar-refractivity contribution in [3.05, 3.63) is 52.3 Å². The van der Waals surface area contributed by atoms with E-state index < -0.39 is 0 Å². The van der Waals surface area contributed by atoms with E-state index in [4.69, 9.17) is 5.73 Å². The molecule has 1 aliphatic rings. The molecule has 0 aromatic heterocycles. The van der Waals surface area contributed by atoms with Crippen LogP contribution in [-0.2, 0) is 6.42 Å². The van der Waals surface area contributed by atoms with Crippen LogP contribution >= 0.6 is 15.9 Å². The highest BCUT2D eigenvalue weighted by molar-refractivity contribution is 9.10. The number of rotatable bonds is 1. The number of nitrogens with two attached hydrogens (primary N) is 1. The van der Waals surface area contributed by atoms with Crippen LogP contribution < -0.4 is 10.6 Å². The van der Waals surface area contributed by atoms with Crippen LogP contribution in [0.3, 0.4) is 0 Å². The van der Waals surface area contributed by atoms with Gasteiger partial charge in [-0.2, -0.15) is 0 Å². The van der Waals surface area contributed by atoms with Crippen molar-refractivity contribution in [2.45, 2.75) is 13.3 Å². The largest absolute Gasteiger partial charge is 0.397 e. The highest BCUT2D eigenvalue weighted by atomic mass is 79.9. The van der Waals surface area contributed by atoms with E-state index in [1.165, 1.54) is 11.6 Å². The fourth-order valence-corrected chi connectivity index (χ4v) is 3.17. The molecule has 1 unspecified atom stereocenters. The normalized spacial score (nSPS) is 17.9. The molecule has 2 nitrogen and oxygen atoms in total. The molecule has 0 bridgehead atoms. The first-order valence-electron chi connectivity index (χ1n) is 6.66. The van der Waals surface area contributed by atoms with Crippen LogP contribution in [0.2, 0.25) is 0 Å². The Bertz CT molecular complexity index is 657. The SMILES string of the molecule is CC1Cc2ccccc2N(c2cc(F)c(Br)cc2N)C1. The molecular formula is C16H16BrFN2. The minimum atomic E-state index is -0.287. The Morgan fingerprint density at radius 3 is 2.80 bits per heavy atom. The first-order valence-corrected chi connectivity index (χ1v) is 7.45. The number of anilines is 3. The quantitative estimate of drug-likeness (QED) is 0.778. The molecule has 1 aliphatic heterocycles. The van der Waals surface area contributed by atoms with Gasteiger partial charge >= 0.3 is 0 Å². The molecule has 1 atom stereocenters. The lowest BCUT2D eigenvalue weighted by atomic mass is 9.93. The molecular weight excluding hydrogens is 319 g/mol. The minimum Gasteiger partial charge on any atom is -0.397 e. The molecule has 104 valence electrons. The zero-order chi connectivity index (χ0) is 14.3. The summed E-state index contributed by atoms with van der Waals surface area (Å²) in [5.74, 6) is 0.223. The average Bonchev–Trinajstić information content (AvgIpc) is 2.42. The summed E-state index contributed by atoms with van der Waals surface area (Å²) in [4.78, 5) is 2.12. The minimum absolute atomic E-state index is 0.287. The molecule has 0 aliphatic carbocycles. The molecule has 0 amide bonds. The maximum absolute atomic E-state index is 13.9. The monoisotopic (exact) mass is 334 g/mol. The predicted octanol–water partition coefficient (Wildman–Crippen LogP) is 4.50.